The first-order chi connectivity index (χ1) is 7.06. The second kappa shape index (κ2) is 4.79. The molecule has 0 amide bonds. The molecule has 0 aliphatic carbocycles. The molecule has 0 saturated heterocycles. The molecule has 0 radical (unpaired) electrons. The molecule has 0 aromatic rings. The Hall–Kier alpha value is 0.0300. The van der Waals surface area contributed by atoms with E-state index < -0.39 is 18.6 Å². The van der Waals surface area contributed by atoms with E-state index in [-0.39, 0.29) is 6.42 Å². The average molecular weight is 167 g/mol. The van der Waals surface area contributed by atoms with Crippen molar-refractivity contribution in [3.63, 3.8) is 0 Å². The van der Waals surface area contributed by atoms with Gasteiger partial charge in [-0.3, -0.25) is 0 Å². The molecule has 0 saturated carbocycles. The lowest BCUT2D eigenvalue weighted by Gasteiger charge is -2.13. The Morgan fingerprint density at radius 3 is 2.80 bits per heavy atom. The monoisotopic (exact) mass is 166 g/mol. The van der Waals surface area contributed by atoms with Crippen molar-refractivity contribution in [2.75, 3.05) is 0 Å². The van der Waals surface area contributed by atoms with Crippen molar-refractivity contribution in [2.24, 2.45) is 0 Å². The van der Waals surface area contributed by atoms with Crippen molar-refractivity contribution in [3.05, 3.63) is 12.2 Å². The Labute approximate surface area is 77.7 Å². The molecule has 0 N–H and O–H groups in total. The van der Waals surface area contributed by atoms with Crippen LogP contribution in [0.3, 0.4) is 0 Å². The van der Waals surface area contributed by atoms with Gasteiger partial charge >= 0.3 is 0 Å². The van der Waals surface area contributed by atoms with Crippen LogP contribution in [0, 0.1) is 0 Å². The van der Waals surface area contributed by atoms with Gasteiger partial charge in [-0.05, 0) is 39.9 Å². The summed E-state index contributed by atoms with van der Waals surface area (Å²) in [6.45, 7) is -3.52. The second-order valence-electron chi connectivity index (χ2n) is 2.26. The van der Waals surface area contributed by atoms with E-state index >= 15 is 0 Å². The molecule has 60 valence electrons. The smallest absolute Gasteiger partial charge is 0.0390 e. The SMILES string of the molecule is [2H]C([2H])([2H])C(Cl)(CCC/C=C\C)C([2H])([2H])[2H]. The number of unbranched alkanes of at least 4 members (excludes halogenated alkanes) is 1. The van der Waals surface area contributed by atoms with Gasteiger partial charge in [-0.15, -0.1) is 11.6 Å². The number of hydrogen-bond acceptors (Lipinski definition) is 0. The highest BCUT2D eigenvalue weighted by atomic mass is 35.5. The van der Waals surface area contributed by atoms with Crippen LogP contribution in [-0.4, -0.2) is 4.87 Å². The zero-order chi connectivity index (χ0) is 13.0. The summed E-state index contributed by atoms with van der Waals surface area (Å²) >= 11 is 5.82. The van der Waals surface area contributed by atoms with E-state index in [9.17, 15) is 0 Å². The molecule has 0 bridgehead atoms. The summed E-state index contributed by atoms with van der Waals surface area (Å²) in [6.07, 6.45) is 4.73. The third-order valence-corrected chi connectivity index (χ3v) is 1.32. The fourth-order valence-corrected chi connectivity index (χ4v) is 0.764. The van der Waals surface area contributed by atoms with E-state index in [2.05, 4.69) is 0 Å². The molecular formula is C9H17Cl. The van der Waals surface area contributed by atoms with Gasteiger partial charge < -0.3 is 0 Å². The van der Waals surface area contributed by atoms with Crippen molar-refractivity contribution in [3.8, 4) is 0 Å². The Kier molecular flexibility index (Phi) is 1.73. The molecule has 0 fully saturated rings. The molecule has 0 heterocycles. The fraction of sp³-hybridized carbons (Fsp3) is 0.778. The van der Waals surface area contributed by atoms with Gasteiger partial charge in [0, 0.05) is 13.1 Å². The third-order valence-electron chi connectivity index (χ3n) is 1.13. The number of halogens is 1. The summed E-state index contributed by atoms with van der Waals surface area (Å²) in [6, 6.07) is 0. The lowest BCUT2D eigenvalue weighted by molar-refractivity contribution is 0.596. The summed E-state index contributed by atoms with van der Waals surface area (Å²) in [5.74, 6) is 0. The molecule has 0 aliphatic heterocycles. The van der Waals surface area contributed by atoms with Gasteiger partial charge in [0.1, 0.15) is 0 Å². The van der Waals surface area contributed by atoms with Crippen molar-refractivity contribution < 1.29 is 8.22 Å². The molecule has 0 spiro atoms. The summed E-state index contributed by atoms with van der Waals surface area (Å²) < 4.78 is 43.5. The predicted molar refractivity (Wildman–Crippen MR) is 48.6 cm³/mol. The number of rotatable bonds is 4. The Morgan fingerprint density at radius 1 is 1.60 bits per heavy atom. The van der Waals surface area contributed by atoms with Gasteiger partial charge in [-0.2, -0.15) is 0 Å². The second-order valence-corrected chi connectivity index (χ2v) is 2.91. The number of allylic oxidation sites excluding steroid dienone is 2. The molecular weight excluding hydrogens is 144 g/mol. The third kappa shape index (κ3) is 8.03. The lowest BCUT2D eigenvalue weighted by atomic mass is 10.1. The normalized spacial score (nSPS) is 24.2. The Bertz CT molecular complexity index is 225. The first kappa shape index (κ1) is 3.62. The number of hydrogen-bond donors (Lipinski definition) is 0. The van der Waals surface area contributed by atoms with Gasteiger partial charge in [0.2, 0.25) is 0 Å². The topological polar surface area (TPSA) is 0 Å². The molecule has 10 heavy (non-hydrogen) atoms. The molecule has 1 heteroatoms. The van der Waals surface area contributed by atoms with Gasteiger partial charge in [0.05, 0.1) is 0 Å². The fourth-order valence-electron chi connectivity index (χ4n) is 0.630. The molecule has 0 unspecified atom stereocenters. The maximum atomic E-state index is 7.25. The zero-order valence-electron chi connectivity index (χ0n) is 12.2. The summed E-state index contributed by atoms with van der Waals surface area (Å²) in [5.41, 5.74) is 0. The Morgan fingerprint density at radius 2 is 2.30 bits per heavy atom. The van der Waals surface area contributed by atoms with Crippen LogP contribution in [-0.2, 0) is 0 Å². The van der Waals surface area contributed by atoms with Crippen LogP contribution < -0.4 is 0 Å². The largest absolute Gasteiger partial charge is 0.120 e. The molecule has 0 nitrogen and oxygen atoms in total. The molecule has 0 aliphatic rings. The summed E-state index contributed by atoms with van der Waals surface area (Å²) in [7, 11) is 0. The van der Waals surface area contributed by atoms with Crippen LogP contribution in [0.1, 0.15) is 48.1 Å². The van der Waals surface area contributed by atoms with Crippen molar-refractivity contribution in [1.82, 2.24) is 0 Å². The van der Waals surface area contributed by atoms with Gasteiger partial charge in [0.25, 0.3) is 0 Å². The average Bonchev–Trinajstić information content (AvgIpc) is 2.08. The van der Waals surface area contributed by atoms with Crippen molar-refractivity contribution >= 4 is 11.6 Å². The van der Waals surface area contributed by atoms with E-state index in [1.807, 2.05) is 19.1 Å². The first-order valence-corrected chi connectivity index (χ1v) is 3.74. The minimum Gasteiger partial charge on any atom is -0.120 e. The standard InChI is InChI=1S/C9H17Cl/c1-4-5-6-7-8-9(2,3)10/h4-5H,6-8H2,1-3H3/b5-4-/i2D3,3D3. The highest BCUT2D eigenvalue weighted by molar-refractivity contribution is 6.23. The first-order valence-electron chi connectivity index (χ1n) is 6.36. The highest BCUT2D eigenvalue weighted by Crippen LogP contribution is 2.20. The Balaban J connectivity index is 4.71. The predicted octanol–water partition coefficient (Wildman–Crippen LogP) is 3.75. The molecule has 0 rings (SSSR count). The summed E-state index contributed by atoms with van der Waals surface area (Å²) in [4.78, 5) is -2.14. The minimum absolute atomic E-state index is 0.0497. The number of alkyl halides is 1. The van der Waals surface area contributed by atoms with Crippen LogP contribution in [0.15, 0.2) is 12.2 Å². The minimum atomic E-state index is -2.68. The highest BCUT2D eigenvalue weighted by Gasteiger charge is 2.10. The summed E-state index contributed by atoms with van der Waals surface area (Å²) in [5, 5.41) is 0. The van der Waals surface area contributed by atoms with Gasteiger partial charge in [0.15, 0.2) is 0 Å². The zero-order valence-corrected chi connectivity index (χ0v) is 6.91. The van der Waals surface area contributed by atoms with E-state index in [1.165, 1.54) is 0 Å². The van der Waals surface area contributed by atoms with Gasteiger partial charge in [-0.25, -0.2) is 0 Å². The van der Waals surface area contributed by atoms with E-state index in [1.54, 1.807) is 0 Å². The van der Waals surface area contributed by atoms with Gasteiger partial charge in [-0.1, -0.05) is 12.2 Å². The molecule has 0 aromatic carbocycles. The van der Waals surface area contributed by atoms with Crippen LogP contribution in [0.25, 0.3) is 0 Å². The van der Waals surface area contributed by atoms with E-state index in [0.29, 0.717) is 12.8 Å². The maximum absolute atomic E-state index is 7.25. The van der Waals surface area contributed by atoms with Crippen molar-refractivity contribution in [1.29, 1.82) is 0 Å². The van der Waals surface area contributed by atoms with E-state index in [4.69, 9.17) is 19.8 Å². The molecule has 0 aromatic heterocycles. The van der Waals surface area contributed by atoms with Crippen LogP contribution in [0.4, 0.5) is 0 Å². The molecule has 0 atom stereocenters. The van der Waals surface area contributed by atoms with Crippen LogP contribution in [0.5, 0.6) is 0 Å². The van der Waals surface area contributed by atoms with Crippen molar-refractivity contribution in [2.45, 2.75) is 44.8 Å². The lowest BCUT2D eigenvalue weighted by Crippen LogP contribution is -2.08. The quantitative estimate of drug-likeness (QED) is 0.339. The maximum Gasteiger partial charge on any atom is 0.0390 e. The van der Waals surface area contributed by atoms with E-state index in [0.717, 1.165) is 0 Å². The van der Waals surface area contributed by atoms with Crippen LogP contribution >= 0.6 is 11.6 Å². The van der Waals surface area contributed by atoms with Crippen LogP contribution in [0.2, 0.25) is 0 Å².